The summed E-state index contributed by atoms with van der Waals surface area (Å²) in [4.78, 5) is 0. The first-order valence-corrected chi connectivity index (χ1v) is 9.63. The van der Waals surface area contributed by atoms with Crippen LogP contribution in [0.2, 0.25) is 0 Å². The van der Waals surface area contributed by atoms with Crippen molar-refractivity contribution < 1.29 is 54.8 Å². The predicted octanol–water partition coefficient (Wildman–Crippen LogP) is 4.04. The molecule has 0 fully saturated rings. The minimum atomic E-state index is -4.44. The second-order valence-electron chi connectivity index (χ2n) is 8.28. The quantitative estimate of drug-likeness (QED) is 0.209. The number of allylic oxidation sites excluding steroid dienone is 1. The highest BCUT2D eigenvalue weighted by molar-refractivity contribution is 5.80. The lowest BCUT2D eigenvalue weighted by Crippen LogP contribution is -3.00. The van der Waals surface area contributed by atoms with Crippen LogP contribution in [0.5, 0.6) is 0 Å². The monoisotopic (exact) mass is 557 g/mol. The van der Waals surface area contributed by atoms with E-state index in [0.29, 0.717) is 23.1 Å². The first-order valence-electron chi connectivity index (χ1n) is 9.63. The van der Waals surface area contributed by atoms with E-state index in [0.717, 1.165) is 48.1 Å². The summed E-state index contributed by atoms with van der Waals surface area (Å²) >= 11 is 0. The van der Waals surface area contributed by atoms with E-state index in [4.69, 9.17) is 0 Å². The number of hydrogen-bond acceptors (Lipinski definition) is 0. The highest BCUT2D eigenvalue weighted by Gasteiger charge is 2.31. The summed E-state index contributed by atoms with van der Waals surface area (Å²) in [6, 6.07) is 9.40. The maximum Gasteiger partial charge on any atom is 0.416 e. The topological polar surface area (TPSA) is 0 Å². The zero-order chi connectivity index (χ0) is 22.6. The zero-order valence-corrected chi connectivity index (χ0v) is 19.8. The Hall–Kier alpha value is -1.55. The number of benzene rings is 2. The van der Waals surface area contributed by atoms with Crippen molar-refractivity contribution in [2.75, 3.05) is 27.7 Å². The van der Waals surface area contributed by atoms with Crippen molar-refractivity contribution >= 4 is 5.57 Å². The zero-order valence-electron chi connectivity index (χ0n) is 17.6. The average Bonchev–Trinajstić information content (AvgIpc) is 2.63. The number of rotatable bonds is 7. The fourth-order valence-corrected chi connectivity index (χ4v) is 3.06. The molecule has 0 aliphatic carbocycles. The molecule has 0 amide bonds. The van der Waals surface area contributed by atoms with E-state index < -0.39 is 23.5 Å². The molecule has 31 heavy (non-hydrogen) atoms. The van der Waals surface area contributed by atoms with E-state index >= 15 is 0 Å². The van der Waals surface area contributed by atoms with E-state index in [9.17, 15) is 26.3 Å². The van der Waals surface area contributed by atoms with Gasteiger partial charge in [-0.25, -0.2) is 0 Å². The van der Waals surface area contributed by atoms with E-state index in [2.05, 4.69) is 21.1 Å². The number of hydrogen-bond donors (Lipinski definition) is 0. The third-order valence-corrected chi connectivity index (χ3v) is 4.68. The molecule has 0 bridgehead atoms. The van der Waals surface area contributed by atoms with Gasteiger partial charge in [-0.1, -0.05) is 30.3 Å². The van der Waals surface area contributed by atoms with E-state index in [-0.39, 0.29) is 24.0 Å². The van der Waals surface area contributed by atoms with Crippen molar-refractivity contribution in [1.82, 2.24) is 0 Å². The van der Waals surface area contributed by atoms with Crippen LogP contribution in [-0.4, -0.2) is 32.2 Å². The number of alkyl halides is 6. The van der Waals surface area contributed by atoms with Crippen LogP contribution in [0.3, 0.4) is 0 Å². The maximum atomic E-state index is 12.9. The lowest BCUT2D eigenvalue weighted by molar-refractivity contribution is -0.870. The fraction of sp³-hybridized carbons (Fsp3) is 0.391. The van der Waals surface area contributed by atoms with Gasteiger partial charge in [0.05, 0.1) is 38.8 Å². The molecule has 0 spiro atoms. The number of quaternary nitrogens is 1. The Morgan fingerprint density at radius 2 is 1.10 bits per heavy atom. The van der Waals surface area contributed by atoms with Gasteiger partial charge in [0.1, 0.15) is 0 Å². The largest absolute Gasteiger partial charge is 1.00 e. The minimum Gasteiger partial charge on any atom is -1.00 e. The molecule has 0 N–H and O–H groups in total. The van der Waals surface area contributed by atoms with Gasteiger partial charge in [0.2, 0.25) is 0 Å². The van der Waals surface area contributed by atoms with Gasteiger partial charge in [-0.2, -0.15) is 26.3 Å². The summed E-state index contributed by atoms with van der Waals surface area (Å²) in [7, 11) is 6.27. The standard InChI is InChI=1S/C23H26F6N.HI/c1-30(2,3)16-6-4-5-7-21(17-8-12-19(13-9-17)22(24,25)26)18-10-14-20(15-11-18)23(27,28)29;/h7-15H,4-6,16H2,1-3H3;1H/q+1;/p-1. The average molecular weight is 557 g/mol. The Bertz CT molecular complexity index is 785. The normalized spacial score (nSPS) is 12.3. The molecule has 0 saturated heterocycles. The Balaban J connectivity index is 0.00000480. The van der Waals surface area contributed by atoms with Crippen molar-refractivity contribution in [3.63, 3.8) is 0 Å². The SMILES string of the molecule is C[N+](C)(C)CCCCC=C(c1ccc(C(F)(F)F)cc1)c1ccc(C(F)(F)F)cc1.[I-]. The second-order valence-corrected chi connectivity index (χ2v) is 8.28. The molecule has 0 radical (unpaired) electrons. The van der Waals surface area contributed by atoms with Gasteiger partial charge in [0, 0.05) is 0 Å². The van der Waals surface area contributed by atoms with Gasteiger partial charge in [-0.05, 0) is 60.2 Å². The number of unbranched alkanes of at least 4 members (excludes halogenated alkanes) is 2. The van der Waals surface area contributed by atoms with Crippen LogP contribution >= 0.6 is 0 Å². The highest BCUT2D eigenvalue weighted by Crippen LogP contribution is 2.33. The third kappa shape index (κ3) is 8.84. The van der Waals surface area contributed by atoms with Gasteiger partial charge in [-0.3, -0.25) is 0 Å². The van der Waals surface area contributed by atoms with Gasteiger partial charge < -0.3 is 28.5 Å². The lowest BCUT2D eigenvalue weighted by Gasteiger charge is -2.23. The van der Waals surface area contributed by atoms with Gasteiger partial charge >= 0.3 is 12.4 Å². The molecule has 0 aliphatic heterocycles. The van der Waals surface area contributed by atoms with Crippen LogP contribution < -0.4 is 24.0 Å². The molecule has 2 aromatic carbocycles. The molecule has 0 aliphatic rings. The van der Waals surface area contributed by atoms with Crippen molar-refractivity contribution in [1.29, 1.82) is 0 Å². The molecule has 2 rings (SSSR count). The van der Waals surface area contributed by atoms with Crippen molar-refractivity contribution in [2.45, 2.75) is 31.6 Å². The van der Waals surface area contributed by atoms with E-state index in [1.165, 1.54) is 24.3 Å². The highest BCUT2D eigenvalue weighted by atomic mass is 127. The Kier molecular flexibility index (Phi) is 9.62. The lowest BCUT2D eigenvalue weighted by atomic mass is 9.94. The van der Waals surface area contributed by atoms with Crippen LogP contribution in [0.15, 0.2) is 54.6 Å². The first-order chi connectivity index (χ1) is 13.8. The molecular weight excluding hydrogens is 531 g/mol. The smallest absolute Gasteiger partial charge is 0.416 e. The summed E-state index contributed by atoms with van der Waals surface area (Å²) in [5.41, 5.74) is 0.174. The van der Waals surface area contributed by atoms with Crippen LogP contribution in [-0.2, 0) is 12.4 Å². The van der Waals surface area contributed by atoms with Crippen LogP contribution in [0.1, 0.15) is 41.5 Å². The molecule has 0 unspecified atom stereocenters. The Labute approximate surface area is 196 Å². The molecule has 0 heterocycles. The Morgan fingerprint density at radius 1 is 0.710 bits per heavy atom. The number of nitrogens with zero attached hydrogens (tertiary/aromatic N) is 1. The summed E-state index contributed by atoms with van der Waals surface area (Å²) in [6.45, 7) is 0.976. The van der Waals surface area contributed by atoms with Crippen molar-refractivity contribution in [2.24, 2.45) is 0 Å². The summed E-state index contributed by atoms with van der Waals surface area (Å²) in [5.74, 6) is 0. The molecule has 2 aromatic rings. The van der Waals surface area contributed by atoms with Crippen molar-refractivity contribution in [3.8, 4) is 0 Å². The molecule has 172 valence electrons. The summed E-state index contributed by atoms with van der Waals surface area (Å²) in [5, 5.41) is 0. The number of halogens is 7. The Morgan fingerprint density at radius 3 is 1.42 bits per heavy atom. The predicted molar refractivity (Wildman–Crippen MR) is 107 cm³/mol. The van der Waals surface area contributed by atoms with E-state index in [1.54, 1.807) is 0 Å². The minimum absolute atomic E-state index is 0. The van der Waals surface area contributed by atoms with Gasteiger partial charge in [-0.15, -0.1) is 0 Å². The van der Waals surface area contributed by atoms with Crippen LogP contribution in [0, 0.1) is 0 Å². The summed E-state index contributed by atoms with van der Waals surface area (Å²) in [6.07, 6.45) is -4.48. The summed E-state index contributed by atoms with van der Waals surface area (Å²) < 4.78 is 78.0. The van der Waals surface area contributed by atoms with E-state index in [1.807, 2.05) is 6.08 Å². The molecule has 0 aromatic heterocycles. The van der Waals surface area contributed by atoms with Crippen molar-refractivity contribution in [3.05, 3.63) is 76.9 Å². The van der Waals surface area contributed by atoms with Crippen LogP contribution in [0.4, 0.5) is 26.3 Å². The molecule has 1 nitrogen and oxygen atoms in total. The van der Waals surface area contributed by atoms with Gasteiger partial charge in [0.15, 0.2) is 0 Å². The molecular formula is C23H26F6IN. The van der Waals surface area contributed by atoms with Gasteiger partial charge in [0.25, 0.3) is 0 Å². The molecule has 8 heteroatoms. The first kappa shape index (κ1) is 27.5. The second kappa shape index (κ2) is 10.8. The molecule has 0 saturated carbocycles. The fourth-order valence-electron chi connectivity index (χ4n) is 3.06. The molecule has 0 atom stereocenters. The van der Waals surface area contributed by atoms with Crippen LogP contribution in [0.25, 0.3) is 5.57 Å². The maximum absolute atomic E-state index is 12.9. The third-order valence-electron chi connectivity index (χ3n) is 4.68.